The molecule has 0 atom stereocenters. The van der Waals surface area contributed by atoms with Gasteiger partial charge in [-0.25, -0.2) is 0 Å². The molecule has 1 N–H and O–H groups in total. The van der Waals surface area contributed by atoms with Gasteiger partial charge in [0.15, 0.2) is 0 Å². The summed E-state index contributed by atoms with van der Waals surface area (Å²) in [7, 11) is 0. The van der Waals surface area contributed by atoms with Crippen molar-refractivity contribution in [1.82, 2.24) is 0 Å². The van der Waals surface area contributed by atoms with Gasteiger partial charge >= 0.3 is 0 Å². The second kappa shape index (κ2) is 4.13. The van der Waals surface area contributed by atoms with Gasteiger partial charge in [-0.2, -0.15) is 5.26 Å². The topological polar surface area (TPSA) is 52.9 Å². The zero-order valence-electron chi connectivity index (χ0n) is 6.34. The highest BCUT2D eigenvalue weighted by molar-refractivity contribution is 6.37. The summed E-state index contributed by atoms with van der Waals surface area (Å²) in [5.74, 6) is 0. The molecule has 0 radical (unpaired) electrons. The Morgan fingerprint density at radius 2 is 2.15 bits per heavy atom. The van der Waals surface area contributed by atoms with E-state index in [-0.39, 0.29) is 16.3 Å². The summed E-state index contributed by atoms with van der Waals surface area (Å²) in [4.78, 5) is 10.2. The molecule has 13 heavy (non-hydrogen) atoms. The number of anilines is 1. The normalized spacial score (nSPS) is 9.00. The second-order valence-electron chi connectivity index (χ2n) is 2.18. The Kier molecular flexibility index (Phi) is 3.13. The van der Waals surface area contributed by atoms with Crippen LogP contribution in [0.3, 0.4) is 0 Å². The van der Waals surface area contributed by atoms with Crippen LogP contribution in [0.4, 0.5) is 5.69 Å². The van der Waals surface area contributed by atoms with E-state index in [1.807, 2.05) is 6.07 Å². The van der Waals surface area contributed by atoms with Crippen LogP contribution in [-0.2, 0) is 4.79 Å². The minimum absolute atomic E-state index is 0.240. The molecule has 66 valence electrons. The van der Waals surface area contributed by atoms with Crippen LogP contribution in [0.25, 0.3) is 0 Å². The maximum atomic E-state index is 10.2. The second-order valence-corrected chi connectivity index (χ2v) is 3.03. The van der Waals surface area contributed by atoms with Crippen molar-refractivity contribution in [2.45, 2.75) is 0 Å². The summed E-state index contributed by atoms with van der Waals surface area (Å²) >= 11 is 11.4. The fourth-order valence-corrected chi connectivity index (χ4v) is 1.42. The molecule has 1 aromatic carbocycles. The molecule has 0 saturated heterocycles. The van der Waals surface area contributed by atoms with E-state index >= 15 is 0 Å². The van der Waals surface area contributed by atoms with Crippen LogP contribution in [0.15, 0.2) is 12.1 Å². The summed E-state index contributed by atoms with van der Waals surface area (Å²) in [5.41, 5.74) is 0.521. The lowest BCUT2D eigenvalue weighted by Gasteiger charge is -2.04. The number of hydrogen-bond acceptors (Lipinski definition) is 2. The van der Waals surface area contributed by atoms with Crippen LogP contribution in [0.1, 0.15) is 5.56 Å². The first kappa shape index (κ1) is 9.85. The monoisotopic (exact) mass is 214 g/mol. The standard InChI is InChI=1S/C8H4Cl2N2O/c9-6-1-5(3-11)8(12-4-13)7(10)2-6/h1-2,4H,(H,12,13). The van der Waals surface area contributed by atoms with E-state index in [4.69, 9.17) is 28.5 Å². The van der Waals surface area contributed by atoms with E-state index in [0.717, 1.165) is 0 Å². The summed E-state index contributed by atoms with van der Waals surface area (Å²) in [5, 5.41) is 11.6. The Balaban J connectivity index is 3.31. The molecule has 0 aliphatic carbocycles. The maximum Gasteiger partial charge on any atom is 0.211 e. The number of nitrogens with zero attached hydrogens (tertiary/aromatic N) is 1. The zero-order chi connectivity index (χ0) is 9.84. The molecule has 0 aliphatic heterocycles. The van der Waals surface area contributed by atoms with Gasteiger partial charge in [-0.1, -0.05) is 23.2 Å². The summed E-state index contributed by atoms with van der Waals surface area (Å²) in [6.45, 7) is 0. The Labute approximate surface area is 84.9 Å². The lowest BCUT2D eigenvalue weighted by Crippen LogP contribution is -1.97. The van der Waals surface area contributed by atoms with Crippen LogP contribution in [0.2, 0.25) is 10.0 Å². The Morgan fingerprint density at radius 3 is 2.69 bits per heavy atom. The van der Waals surface area contributed by atoms with Crippen molar-refractivity contribution in [3.8, 4) is 6.07 Å². The predicted molar refractivity (Wildman–Crippen MR) is 50.9 cm³/mol. The zero-order valence-corrected chi connectivity index (χ0v) is 7.86. The van der Waals surface area contributed by atoms with E-state index < -0.39 is 0 Å². The van der Waals surface area contributed by atoms with E-state index in [2.05, 4.69) is 5.32 Å². The van der Waals surface area contributed by atoms with Crippen molar-refractivity contribution in [2.24, 2.45) is 0 Å². The number of halogens is 2. The summed E-state index contributed by atoms with van der Waals surface area (Å²) in [6, 6.07) is 4.76. The predicted octanol–water partition coefficient (Wildman–Crippen LogP) is 2.43. The lowest BCUT2D eigenvalue weighted by atomic mass is 10.2. The number of benzene rings is 1. The molecular formula is C8H4Cl2N2O. The molecule has 0 fully saturated rings. The van der Waals surface area contributed by atoms with Gasteiger partial charge in [-0.05, 0) is 12.1 Å². The third-order valence-electron chi connectivity index (χ3n) is 1.38. The molecule has 1 amide bonds. The van der Waals surface area contributed by atoms with Crippen molar-refractivity contribution < 1.29 is 4.79 Å². The molecule has 0 spiro atoms. The van der Waals surface area contributed by atoms with Crippen LogP contribution in [0, 0.1) is 11.3 Å². The SMILES string of the molecule is N#Cc1cc(Cl)cc(Cl)c1NC=O. The minimum Gasteiger partial charge on any atom is -0.326 e. The van der Waals surface area contributed by atoms with Crippen LogP contribution in [-0.4, -0.2) is 6.41 Å². The van der Waals surface area contributed by atoms with E-state index in [0.29, 0.717) is 11.4 Å². The number of nitrogens with one attached hydrogen (secondary N) is 1. The van der Waals surface area contributed by atoms with Gasteiger partial charge in [0.05, 0.1) is 16.3 Å². The van der Waals surface area contributed by atoms with Crippen LogP contribution < -0.4 is 5.32 Å². The highest BCUT2D eigenvalue weighted by Crippen LogP contribution is 2.29. The van der Waals surface area contributed by atoms with Crippen molar-refractivity contribution in [1.29, 1.82) is 5.26 Å². The van der Waals surface area contributed by atoms with Gasteiger partial charge in [-0.3, -0.25) is 4.79 Å². The quantitative estimate of drug-likeness (QED) is 0.770. The van der Waals surface area contributed by atoms with Crippen molar-refractivity contribution in [3.63, 3.8) is 0 Å². The third kappa shape index (κ3) is 2.11. The molecule has 0 bridgehead atoms. The maximum absolute atomic E-state index is 10.2. The van der Waals surface area contributed by atoms with Gasteiger partial charge in [0.2, 0.25) is 6.41 Å². The number of rotatable bonds is 2. The average Bonchev–Trinajstić information content (AvgIpc) is 2.09. The van der Waals surface area contributed by atoms with Crippen molar-refractivity contribution in [3.05, 3.63) is 27.7 Å². The summed E-state index contributed by atoms with van der Waals surface area (Å²) < 4.78 is 0. The molecule has 0 saturated carbocycles. The largest absolute Gasteiger partial charge is 0.326 e. The number of amides is 1. The number of nitriles is 1. The van der Waals surface area contributed by atoms with Gasteiger partial charge in [0, 0.05) is 5.02 Å². The average molecular weight is 215 g/mol. The molecule has 0 aliphatic rings. The smallest absolute Gasteiger partial charge is 0.211 e. The number of carbonyl (C=O) groups excluding carboxylic acids is 1. The van der Waals surface area contributed by atoms with Gasteiger partial charge in [-0.15, -0.1) is 0 Å². The van der Waals surface area contributed by atoms with Crippen LogP contribution in [0.5, 0.6) is 0 Å². The highest BCUT2D eigenvalue weighted by Gasteiger charge is 2.07. The number of carbonyl (C=O) groups is 1. The third-order valence-corrected chi connectivity index (χ3v) is 1.90. The van der Waals surface area contributed by atoms with Crippen LogP contribution >= 0.6 is 23.2 Å². The first-order chi connectivity index (χ1) is 6.19. The Hall–Kier alpha value is -1.24. The number of hydrogen-bond donors (Lipinski definition) is 1. The Morgan fingerprint density at radius 1 is 1.46 bits per heavy atom. The van der Waals surface area contributed by atoms with Crippen molar-refractivity contribution in [2.75, 3.05) is 5.32 Å². The highest BCUT2D eigenvalue weighted by atomic mass is 35.5. The molecule has 5 heteroatoms. The summed E-state index contributed by atoms with van der Waals surface area (Å²) in [6.07, 6.45) is 0.454. The molecule has 0 aromatic heterocycles. The minimum atomic E-state index is 0.240. The van der Waals surface area contributed by atoms with E-state index in [1.54, 1.807) is 0 Å². The van der Waals surface area contributed by atoms with Gasteiger partial charge in [0.1, 0.15) is 6.07 Å². The fraction of sp³-hybridized carbons (Fsp3) is 0. The van der Waals surface area contributed by atoms with Gasteiger partial charge in [0.25, 0.3) is 0 Å². The Bertz CT molecular complexity index is 384. The first-order valence-electron chi connectivity index (χ1n) is 3.28. The fourth-order valence-electron chi connectivity index (χ4n) is 0.867. The van der Waals surface area contributed by atoms with E-state index in [9.17, 15) is 4.79 Å². The van der Waals surface area contributed by atoms with Crippen molar-refractivity contribution >= 4 is 35.3 Å². The molecule has 0 heterocycles. The molecule has 1 aromatic rings. The molecular weight excluding hydrogens is 211 g/mol. The molecule has 1 rings (SSSR count). The van der Waals surface area contributed by atoms with Gasteiger partial charge < -0.3 is 5.32 Å². The van der Waals surface area contributed by atoms with E-state index in [1.165, 1.54) is 12.1 Å². The first-order valence-corrected chi connectivity index (χ1v) is 4.04. The molecule has 3 nitrogen and oxygen atoms in total. The molecule has 0 unspecified atom stereocenters. The lowest BCUT2D eigenvalue weighted by molar-refractivity contribution is -0.105.